The van der Waals surface area contributed by atoms with Gasteiger partial charge in [0.25, 0.3) is 0 Å². The molecule has 0 amide bonds. The van der Waals surface area contributed by atoms with Crippen LogP contribution in [0.3, 0.4) is 0 Å². The molecule has 4 nitrogen and oxygen atoms in total. The quantitative estimate of drug-likeness (QED) is 0.713. The van der Waals surface area contributed by atoms with E-state index in [1.54, 1.807) is 0 Å². The van der Waals surface area contributed by atoms with Crippen LogP contribution < -0.4 is 4.83 Å². The molecule has 0 bridgehead atoms. The van der Waals surface area contributed by atoms with E-state index in [4.69, 9.17) is 0 Å². The number of sulfonamides is 1. The normalized spacial score (nSPS) is 52.3. The molecule has 5 rings (SSSR count). The van der Waals surface area contributed by atoms with Gasteiger partial charge >= 0.3 is 0 Å². The predicted molar refractivity (Wildman–Crippen MR) is 109 cm³/mol. The minimum Gasteiger partial charge on any atom is -0.206 e. The maximum atomic E-state index is 11.4. The molecule has 5 aliphatic carbocycles. The summed E-state index contributed by atoms with van der Waals surface area (Å²) in [5, 5.41) is 4.18. The predicted octanol–water partition coefficient (Wildman–Crippen LogP) is 4.35. The summed E-state index contributed by atoms with van der Waals surface area (Å²) in [5.74, 6) is 5.63. The highest BCUT2D eigenvalue weighted by Gasteiger charge is 2.68. The number of rotatable bonds is 2. The van der Waals surface area contributed by atoms with Crippen LogP contribution in [0.1, 0.15) is 65.7 Å². The SMILES string of the molecule is C[C@H]1[C@@H]2C[C@@H]2[C@H]2[C@@H]3CCC4=C/C(=N/NS(C)(=O)=O)CC[C@]4(C)[C@H]3CC[C@@]21C. The van der Waals surface area contributed by atoms with Crippen LogP contribution in [0, 0.1) is 46.3 Å². The Morgan fingerprint density at radius 3 is 2.63 bits per heavy atom. The molecule has 5 heteroatoms. The van der Waals surface area contributed by atoms with Gasteiger partial charge in [0, 0.05) is 0 Å². The van der Waals surface area contributed by atoms with Crippen LogP contribution in [-0.4, -0.2) is 20.4 Å². The van der Waals surface area contributed by atoms with Crippen molar-refractivity contribution in [2.24, 2.45) is 51.4 Å². The molecule has 0 spiro atoms. The van der Waals surface area contributed by atoms with Crippen molar-refractivity contribution in [1.82, 2.24) is 4.83 Å². The van der Waals surface area contributed by atoms with Gasteiger partial charge in [0.05, 0.1) is 12.0 Å². The fourth-order valence-corrected chi connectivity index (χ4v) is 8.41. The number of nitrogens with zero attached hydrogens (tertiary/aromatic N) is 1. The van der Waals surface area contributed by atoms with E-state index in [0.29, 0.717) is 10.8 Å². The summed E-state index contributed by atoms with van der Waals surface area (Å²) < 4.78 is 22.7. The molecular formula is C22H34N2O2S. The molecular weight excluding hydrogens is 356 g/mol. The highest BCUT2D eigenvalue weighted by atomic mass is 32.2. The smallest absolute Gasteiger partial charge is 0.206 e. The minimum atomic E-state index is -3.28. The molecule has 1 N–H and O–H groups in total. The third kappa shape index (κ3) is 2.59. The molecule has 150 valence electrons. The fraction of sp³-hybridized carbons (Fsp3) is 0.864. The van der Waals surface area contributed by atoms with Crippen molar-refractivity contribution >= 4 is 15.7 Å². The van der Waals surface area contributed by atoms with Gasteiger partial charge in [-0.25, -0.2) is 13.2 Å². The van der Waals surface area contributed by atoms with E-state index in [2.05, 4.69) is 36.8 Å². The first kappa shape index (κ1) is 18.2. The standard InChI is InChI=1S/C22H34N2O2S/c1-13-17-12-18(17)20-16-6-5-14-11-15(23-24-27(4,25)26)7-9-22(14,3)19(16)8-10-21(13,20)2/h11,13,16-20,24H,5-10,12H2,1-4H3/b23-15+/t13-,16+,17-,18-,19-,20+,21+,22-/m0/s1. The Kier molecular flexibility index (Phi) is 3.78. The Bertz CT molecular complexity index is 831. The molecule has 8 atom stereocenters. The molecule has 0 aliphatic heterocycles. The molecule has 0 aromatic rings. The molecule has 27 heavy (non-hydrogen) atoms. The van der Waals surface area contributed by atoms with Crippen LogP contribution in [0.25, 0.3) is 0 Å². The lowest BCUT2D eigenvalue weighted by Gasteiger charge is -2.59. The number of fused-ring (bicyclic) bond motifs is 7. The summed E-state index contributed by atoms with van der Waals surface area (Å²) in [6.07, 6.45) is 12.2. The summed E-state index contributed by atoms with van der Waals surface area (Å²) in [7, 11) is -3.28. The Morgan fingerprint density at radius 1 is 1.11 bits per heavy atom. The van der Waals surface area contributed by atoms with Crippen molar-refractivity contribution in [3.05, 3.63) is 11.6 Å². The molecule has 5 aliphatic rings. The Labute approximate surface area is 164 Å². The molecule has 0 aromatic heterocycles. The third-order valence-electron chi connectivity index (χ3n) is 9.66. The summed E-state index contributed by atoms with van der Waals surface area (Å²) in [6, 6.07) is 0. The second-order valence-corrected chi connectivity index (χ2v) is 12.5. The Morgan fingerprint density at radius 2 is 1.89 bits per heavy atom. The molecule has 0 aromatic carbocycles. The molecule has 4 fully saturated rings. The van der Waals surface area contributed by atoms with Gasteiger partial charge in [-0.3, -0.25) is 0 Å². The molecule has 0 heterocycles. The van der Waals surface area contributed by atoms with Crippen LogP contribution in [0.2, 0.25) is 0 Å². The first-order chi connectivity index (χ1) is 12.6. The van der Waals surface area contributed by atoms with Crippen LogP contribution in [-0.2, 0) is 10.0 Å². The lowest BCUT2D eigenvalue weighted by atomic mass is 9.46. The maximum absolute atomic E-state index is 11.4. The van der Waals surface area contributed by atoms with E-state index in [1.165, 1.54) is 37.7 Å². The van der Waals surface area contributed by atoms with Gasteiger partial charge in [-0.1, -0.05) is 26.3 Å². The average Bonchev–Trinajstić information content (AvgIpc) is 3.33. The fourth-order valence-electron chi connectivity index (χ4n) is 8.13. The van der Waals surface area contributed by atoms with Crippen LogP contribution >= 0.6 is 0 Å². The number of hydrogen-bond donors (Lipinski definition) is 1. The highest BCUT2D eigenvalue weighted by molar-refractivity contribution is 7.88. The van der Waals surface area contributed by atoms with Gasteiger partial charge in [0.15, 0.2) is 0 Å². The van der Waals surface area contributed by atoms with Gasteiger partial charge in [-0.2, -0.15) is 5.10 Å². The molecule has 0 radical (unpaired) electrons. The largest absolute Gasteiger partial charge is 0.244 e. The lowest BCUT2D eigenvalue weighted by molar-refractivity contribution is -0.0614. The van der Waals surface area contributed by atoms with Gasteiger partial charge in [0.2, 0.25) is 10.0 Å². The van der Waals surface area contributed by atoms with Crippen LogP contribution in [0.4, 0.5) is 0 Å². The summed E-state index contributed by atoms with van der Waals surface area (Å²) >= 11 is 0. The monoisotopic (exact) mass is 390 g/mol. The van der Waals surface area contributed by atoms with Crippen molar-refractivity contribution in [3.63, 3.8) is 0 Å². The van der Waals surface area contributed by atoms with E-state index in [9.17, 15) is 8.42 Å². The van der Waals surface area contributed by atoms with E-state index >= 15 is 0 Å². The summed E-state index contributed by atoms with van der Waals surface area (Å²) in [6.45, 7) is 7.65. The zero-order valence-electron chi connectivity index (χ0n) is 17.2. The lowest BCUT2D eigenvalue weighted by Crippen LogP contribution is -2.51. The van der Waals surface area contributed by atoms with Gasteiger partial charge in [-0.15, -0.1) is 0 Å². The second kappa shape index (κ2) is 5.61. The van der Waals surface area contributed by atoms with Crippen molar-refractivity contribution in [2.45, 2.75) is 65.7 Å². The van der Waals surface area contributed by atoms with E-state index in [0.717, 1.165) is 60.3 Å². The minimum absolute atomic E-state index is 0.296. The molecule has 4 saturated carbocycles. The van der Waals surface area contributed by atoms with Crippen LogP contribution in [0.5, 0.6) is 0 Å². The van der Waals surface area contributed by atoms with Gasteiger partial charge < -0.3 is 0 Å². The zero-order valence-corrected chi connectivity index (χ0v) is 18.0. The number of hydrogen-bond acceptors (Lipinski definition) is 3. The van der Waals surface area contributed by atoms with E-state index in [1.807, 2.05) is 0 Å². The highest BCUT2D eigenvalue weighted by Crippen LogP contribution is 2.75. The number of hydrazone groups is 1. The number of nitrogens with one attached hydrogen (secondary N) is 1. The van der Waals surface area contributed by atoms with Crippen LogP contribution in [0.15, 0.2) is 16.8 Å². The van der Waals surface area contributed by atoms with Crippen molar-refractivity contribution < 1.29 is 8.42 Å². The van der Waals surface area contributed by atoms with Crippen molar-refractivity contribution in [3.8, 4) is 0 Å². The summed E-state index contributed by atoms with van der Waals surface area (Å²) in [4.78, 5) is 2.32. The average molecular weight is 391 g/mol. The van der Waals surface area contributed by atoms with E-state index < -0.39 is 10.0 Å². The maximum Gasteiger partial charge on any atom is 0.244 e. The molecule has 0 saturated heterocycles. The first-order valence-corrected chi connectivity index (χ1v) is 12.8. The number of allylic oxidation sites excluding steroid dienone is 2. The van der Waals surface area contributed by atoms with Gasteiger partial charge in [0.1, 0.15) is 0 Å². The molecule has 0 unspecified atom stereocenters. The Balaban J connectivity index is 1.43. The zero-order chi connectivity index (χ0) is 19.2. The topological polar surface area (TPSA) is 58.5 Å². The van der Waals surface area contributed by atoms with Crippen molar-refractivity contribution in [1.29, 1.82) is 0 Å². The third-order valence-corrected chi connectivity index (χ3v) is 10.1. The summed E-state index contributed by atoms with van der Waals surface area (Å²) in [5.41, 5.74) is 3.33. The van der Waals surface area contributed by atoms with E-state index in [-0.39, 0.29) is 0 Å². The van der Waals surface area contributed by atoms with Gasteiger partial charge in [-0.05, 0) is 97.4 Å². The Hall–Kier alpha value is -0.840. The first-order valence-electron chi connectivity index (χ1n) is 10.9. The van der Waals surface area contributed by atoms with Crippen molar-refractivity contribution in [2.75, 3.05) is 6.26 Å². The second-order valence-electron chi connectivity index (χ2n) is 10.8.